The molecular weight excluding hydrogens is 314 g/mol. The summed E-state index contributed by atoms with van der Waals surface area (Å²) >= 11 is 1.59. The fourth-order valence-electron chi connectivity index (χ4n) is 2.46. The molecule has 1 N–H and O–H groups in total. The molecule has 0 spiro atoms. The normalized spacial score (nSPS) is 17.3. The van der Waals surface area contributed by atoms with Crippen LogP contribution in [0.2, 0.25) is 0 Å². The van der Waals surface area contributed by atoms with E-state index >= 15 is 0 Å². The predicted octanol–water partition coefficient (Wildman–Crippen LogP) is 0.805. The first-order chi connectivity index (χ1) is 11.2. The lowest BCUT2D eigenvalue weighted by atomic mass is 10.2. The standard InChI is InChI=1S/C15H17N5O2S/c1-11(21)20-10-23-8-13(20)15(22)18-7-12-3-2-4-17-14(12)19-6-5-16-9-19/h2-6,9,13H,7-8,10H2,1H3,(H,18,22). The van der Waals surface area contributed by atoms with Gasteiger partial charge in [-0.3, -0.25) is 14.2 Å². The van der Waals surface area contributed by atoms with Crippen molar-refractivity contribution in [1.82, 2.24) is 24.8 Å². The average Bonchev–Trinajstić information content (AvgIpc) is 3.23. The van der Waals surface area contributed by atoms with Crippen LogP contribution < -0.4 is 5.32 Å². The van der Waals surface area contributed by atoms with E-state index in [-0.39, 0.29) is 11.8 Å². The minimum Gasteiger partial charge on any atom is -0.350 e. The predicted molar refractivity (Wildman–Crippen MR) is 86.8 cm³/mol. The lowest BCUT2D eigenvalue weighted by molar-refractivity contribution is -0.136. The highest BCUT2D eigenvalue weighted by Crippen LogP contribution is 2.21. The first kappa shape index (κ1) is 15.5. The maximum Gasteiger partial charge on any atom is 0.243 e. The fraction of sp³-hybridized carbons (Fsp3) is 0.333. The molecule has 8 heteroatoms. The van der Waals surface area contributed by atoms with Crippen molar-refractivity contribution < 1.29 is 9.59 Å². The molecule has 3 rings (SSSR count). The third kappa shape index (κ3) is 3.37. The first-order valence-electron chi connectivity index (χ1n) is 7.21. The van der Waals surface area contributed by atoms with Gasteiger partial charge in [0.15, 0.2) is 0 Å². The Morgan fingerprint density at radius 2 is 2.30 bits per heavy atom. The van der Waals surface area contributed by atoms with Crippen LogP contribution in [0, 0.1) is 0 Å². The summed E-state index contributed by atoms with van der Waals surface area (Å²) in [5, 5.41) is 2.91. The van der Waals surface area contributed by atoms with Crippen molar-refractivity contribution in [2.45, 2.75) is 19.5 Å². The van der Waals surface area contributed by atoms with Crippen LogP contribution in [0.15, 0.2) is 37.1 Å². The van der Waals surface area contributed by atoms with Crippen molar-refractivity contribution in [3.63, 3.8) is 0 Å². The largest absolute Gasteiger partial charge is 0.350 e. The summed E-state index contributed by atoms with van der Waals surface area (Å²) in [4.78, 5) is 33.9. The number of rotatable bonds is 4. The molecule has 2 aromatic rings. The molecule has 0 bridgehead atoms. The summed E-state index contributed by atoms with van der Waals surface area (Å²) in [6, 6.07) is 3.34. The molecule has 1 saturated heterocycles. The first-order valence-corrected chi connectivity index (χ1v) is 8.37. The second-order valence-corrected chi connectivity index (χ2v) is 6.18. The molecule has 2 aromatic heterocycles. The van der Waals surface area contributed by atoms with Crippen molar-refractivity contribution in [3.8, 4) is 5.82 Å². The molecule has 0 radical (unpaired) electrons. The quantitative estimate of drug-likeness (QED) is 0.896. The number of aromatic nitrogens is 3. The number of nitrogens with zero attached hydrogens (tertiary/aromatic N) is 4. The van der Waals surface area contributed by atoms with Gasteiger partial charge >= 0.3 is 0 Å². The Bertz CT molecular complexity index is 704. The summed E-state index contributed by atoms with van der Waals surface area (Å²) < 4.78 is 1.80. The van der Waals surface area contributed by atoms with E-state index < -0.39 is 6.04 Å². The highest BCUT2D eigenvalue weighted by Gasteiger charge is 2.32. The number of carbonyl (C=O) groups excluding carboxylic acids is 2. The molecule has 2 amide bonds. The summed E-state index contributed by atoms with van der Waals surface area (Å²) in [6.45, 7) is 1.84. The molecular formula is C15H17N5O2S. The van der Waals surface area contributed by atoms with Crippen LogP contribution >= 0.6 is 11.8 Å². The van der Waals surface area contributed by atoms with Crippen LogP contribution in [0.5, 0.6) is 0 Å². The Morgan fingerprint density at radius 3 is 3.04 bits per heavy atom. The average molecular weight is 331 g/mol. The van der Waals surface area contributed by atoms with Crippen molar-refractivity contribution in [2.24, 2.45) is 0 Å². The molecule has 3 heterocycles. The van der Waals surface area contributed by atoms with Gasteiger partial charge in [-0.05, 0) is 6.07 Å². The zero-order valence-corrected chi connectivity index (χ0v) is 13.5. The van der Waals surface area contributed by atoms with Crippen LogP contribution in [0.4, 0.5) is 0 Å². The Kier molecular flexibility index (Phi) is 4.61. The van der Waals surface area contributed by atoms with Crippen LogP contribution in [0.25, 0.3) is 5.82 Å². The van der Waals surface area contributed by atoms with E-state index in [0.717, 1.165) is 11.4 Å². The maximum absolute atomic E-state index is 12.4. The fourth-order valence-corrected chi connectivity index (χ4v) is 3.67. The number of thioether (sulfide) groups is 1. The topological polar surface area (TPSA) is 80.1 Å². The van der Waals surface area contributed by atoms with Gasteiger partial charge in [-0.25, -0.2) is 9.97 Å². The van der Waals surface area contributed by atoms with Gasteiger partial charge < -0.3 is 10.2 Å². The molecule has 0 aromatic carbocycles. The molecule has 1 aliphatic heterocycles. The van der Waals surface area contributed by atoms with Crippen LogP contribution in [-0.2, 0) is 16.1 Å². The van der Waals surface area contributed by atoms with Gasteiger partial charge in [0.05, 0.1) is 5.88 Å². The molecule has 0 aliphatic carbocycles. The molecule has 1 atom stereocenters. The zero-order chi connectivity index (χ0) is 16.2. The van der Waals surface area contributed by atoms with Crippen molar-refractivity contribution in [3.05, 3.63) is 42.6 Å². The Labute approximate surface area is 138 Å². The van der Waals surface area contributed by atoms with Gasteiger partial charge in [0.25, 0.3) is 0 Å². The third-order valence-corrected chi connectivity index (χ3v) is 4.67. The second-order valence-electron chi connectivity index (χ2n) is 5.18. The molecule has 1 aliphatic rings. The van der Waals surface area contributed by atoms with E-state index in [9.17, 15) is 9.59 Å². The van der Waals surface area contributed by atoms with E-state index in [2.05, 4.69) is 15.3 Å². The van der Waals surface area contributed by atoms with Crippen LogP contribution in [-0.4, -0.2) is 48.9 Å². The lowest BCUT2D eigenvalue weighted by Gasteiger charge is -2.21. The lowest BCUT2D eigenvalue weighted by Crippen LogP contribution is -2.46. The Hall–Kier alpha value is -2.35. The summed E-state index contributed by atoms with van der Waals surface area (Å²) in [5.74, 6) is 1.73. The number of pyridine rings is 1. The molecule has 23 heavy (non-hydrogen) atoms. The number of amides is 2. The minimum atomic E-state index is -0.397. The van der Waals surface area contributed by atoms with Crippen LogP contribution in [0.1, 0.15) is 12.5 Å². The minimum absolute atomic E-state index is 0.0735. The van der Waals surface area contributed by atoms with Crippen molar-refractivity contribution >= 4 is 23.6 Å². The van der Waals surface area contributed by atoms with E-state index in [1.165, 1.54) is 6.92 Å². The van der Waals surface area contributed by atoms with Crippen molar-refractivity contribution in [2.75, 3.05) is 11.6 Å². The van der Waals surface area contributed by atoms with E-state index in [4.69, 9.17) is 0 Å². The number of imidazole rings is 1. The van der Waals surface area contributed by atoms with Gasteiger partial charge in [-0.15, -0.1) is 11.8 Å². The summed E-state index contributed by atoms with van der Waals surface area (Å²) in [7, 11) is 0. The smallest absolute Gasteiger partial charge is 0.243 e. The van der Waals surface area contributed by atoms with E-state index in [1.54, 1.807) is 46.1 Å². The maximum atomic E-state index is 12.4. The van der Waals surface area contributed by atoms with Gasteiger partial charge in [0.1, 0.15) is 18.2 Å². The van der Waals surface area contributed by atoms with E-state index in [1.807, 2.05) is 12.1 Å². The highest BCUT2D eigenvalue weighted by molar-refractivity contribution is 7.99. The van der Waals surface area contributed by atoms with Crippen molar-refractivity contribution in [1.29, 1.82) is 0 Å². The highest BCUT2D eigenvalue weighted by atomic mass is 32.2. The molecule has 1 unspecified atom stereocenters. The number of nitrogens with one attached hydrogen (secondary N) is 1. The zero-order valence-electron chi connectivity index (χ0n) is 12.7. The third-order valence-electron chi connectivity index (χ3n) is 3.66. The number of hydrogen-bond acceptors (Lipinski definition) is 5. The number of hydrogen-bond donors (Lipinski definition) is 1. The molecule has 1 fully saturated rings. The van der Waals surface area contributed by atoms with Gasteiger partial charge in [-0.2, -0.15) is 0 Å². The molecule has 7 nitrogen and oxygen atoms in total. The SMILES string of the molecule is CC(=O)N1CSCC1C(=O)NCc1cccnc1-n1ccnc1. The molecule has 0 saturated carbocycles. The van der Waals surface area contributed by atoms with Gasteiger partial charge in [0.2, 0.25) is 11.8 Å². The summed E-state index contributed by atoms with van der Waals surface area (Å²) in [6.07, 6.45) is 6.85. The monoisotopic (exact) mass is 331 g/mol. The van der Waals surface area contributed by atoms with Crippen LogP contribution in [0.3, 0.4) is 0 Å². The van der Waals surface area contributed by atoms with Gasteiger partial charge in [-0.1, -0.05) is 6.07 Å². The number of carbonyl (C=O) groups is 2. The Morgan fingerprint density at radius 1 is 1.43 bits per heavy atom. The van der Waals surface area contributed by atoms with E-state index in [0.29, 0.717) is 18.2 Å². The molecule has 120 valence electrons. The summed E-state index contributed by atoms with van der Waals surface area (Å²) in [5.41, 5.74) is 0.888. The Balaban J connectivity index is 1.69. The second kappa shape index (κ2) is 6.82. The van der Waals surface area contributed by atoms with Gasteiger partial charge in [0, 0.05) is 43.4 Å².